The van der Waals surface area contributed by atoms with Crippen molar-refractivity contribution in [3.8, 4) is 10.6 Å². The zero-order valence-corrected chi connectivity index (χ0v) is 26.4. The van der Waals surface area contributed by atoms with E-state index in [1.165, 1.54) is 15.6 Å². The number of amides is 1. The molecule has 0 radical (unpaired) electrons. The molecule has 10 nitrogen and oxygen atoms in total. The van der Waals surface area contributed by atoms with Crippen LogP contribution in [0.25, 0.3) is 10.6 Å². The van der Waals surface area contributed by atoms with E-state index < -0.39 is 10.0 Å². The van der Waals surface area contributed by atoms with Crippen LogP contribution in [-0.2, 0) is 21.3 Å². The Bertz CT molecular complexity index is 1480. The van der Waals surface area contributed by atoms with Crippen LogP contribution in [0.2, 0.25) is 4.34 Å². The summed E-state index contributed by atoms with van der Waals surface area (Å²) in [4.78, 5) is 17.3. The fraction of sp³-hybridized carbons (Fsp3) is 0.571. The topological polar surface area (TPSA) is 110 Å². The van der Waals surface area contributed by atoms with Gasteiger partial charge in [0, 0.05) is 62.2 Å². The Hall–Kier alpha value is -2.22. The molecule has 13 heteroatoms. The Morgan fingerprint density at radius 2 is 1.93 bits per heavy atom. The first-order valence-electron chi connectivity index (χ1n) is 14.1. The molecule has 41 heavy (non-hydrogen) atoms. The van der Waals surface area contributed by atoms with Crippen molar-refractivity contribution >= 4 is 38.9 Å². The Morgan fingerprint density at radius 3 is 2.61 bits per heavy atom. The highest BCUT2D eigenvalue weighted by Crippen LogP contribution is 2.33. The van der Waals surface area contributed by atoms with Crippen molar-refractivity contribution in [2.45, 2.75) is 70.5 Å². The SMILES string of the molecule is Cc1c(S(=O)(=O)N2CCCOCC2)c(C)n(Cc2cc(-c3ccc(Cl)s3)on2)c1C(=O)NC1CCN(C(C)C)CC1. The van der Waals surface area contributed by atoms with Gasteiger partial charge in [-0.3, -0.25) is 4.79 Å². The van der Waals surface area contributed by atoms with Crippen LogP contribution in [0.15, 0.2) is 27.6 Å². The molecule has 2 fully saturated rings. The van der Waals surface area contributed by atoms with E-state index in [-0.39, 0.29) is 29.9 Å². The molecule has 0 bridgehead atoms. The molecule has 5 rings (SSSR count). The maximum absolute atomic E-state index is 14.0. The summed E-state index contributed by atoms with van der Waals surface area (Å²) in [6, 6.07) is 5.94. The van der Waals surface area contributed by atoms with Gasteiger partial charge in [0.05, 0.1) is 22.4 Å². The third kappa shape index (κ3) is 6.42. The molecule has 3 aromatic heterocycles. The van der Waals surface area contributed by atoms with E-state index in [4.69, 9.17) is 20.9 Å². The molecule has 0 aliphatic carbocycles. The summed E-state index contributed by atoms with van der Waals surface area (Å²) in [5.41, 5.74) is 1.85. The summed E-state index contributed by atoms with van der Waals surface area (Å²) in [6.07, 6.45) is 2.31. The number of carbonyl (C=O) groups is 1. The number of rotatable bonds is 8. The van der Waals surface area contributed by atoms with Gasteiger partial charge < -0.3 is 24.0 Å². The van der Waals surface area contributed by atoms with Crippen LogP contribution < -0.4 is 5.32 Å². The number of sulfonamides is 1. The number of aromatic nitrogens is 2. The summed E-state index contributed by atoms with van der Waals surface area (Å²) in [7, 11) is -3.87. The first-order chi connectivity index (χ1) is 19.6. The Balaban J connectivity index is 1.49. The number of hydrogen-bond donors (Lipinski definition) is 1. The van der Waals surface area contributed by atoms with E-state index in [0.717, 1.165) is 30.8 Å². The van der Waals surface area contributed by atoms with Crippen LogP contribution >= 0.6 is 22.9 Å². The van der Waals surface area contributed by atoms with E-state index in [1.807, 2.05) is 6.07 Å². The summed E-state index contributed by atoms with van der Waals surface area (Å²) in [5.74, 6) is 0.293. The van der Waals surface area contributed by atoms with Crippen LogP contribution in [0.5, 0.6) is 0 Å². The molecule has 3 aromatic rings. The fourth-order valence-electron chi connectivity index (χ4n) is 5.76. The predicted molar refractivity (Wildman–Crippen MR) is 159 cm³/mol. The monoisotopic (exact) mass is 623 g/mol. The minimum Gasteiger partial charge on any atom is -0.380 e. The van der Waals surface area contributed by atoms with Gasteiger partial charge in [0.15, 0.2) is 5.76 Å². The van der Waals surface area contributed by atoms with Gasteiger partial charge in [-0.1, -0.05) is 16.8 Å². The third-order valence-corrected chi connectivity index (χ3v) is 11.4. The van der Waals surface area contributed by atoms with Crippen LogP contribution in [0.4, 0.5) is 0 Å². The second kappa shape index (κ2) is 12.6. The van der Waals surface area contributed by atoms with Gasteiger partial charge in [-0.25, -0.2) is 8.42 Å². The lowest BCUT2D eigenvalue weighted by molar-refractivity contribution is 0.0890. The summed E-state index contributed by atoms with van der Waals surface area (Å²) in [5, 5.41) is 7.44. The molecule has 1 amide bonds. The molecule has 0 spiro atoms. The van der Waals surface area contributed by atoms with E-state index in [2.05, 4.69) is 29.2 Å². The minimum absolute atomic E-state index is 0.0191. The lowest BCUT2D eigenvalue weighted by Crippen LogP contribution is -2.47. The lowest BCUT2D eigenvalue weighted by atomic mass is 10.0. The standard InChI is InChI=1S/C28H38ClN5O5S2/c1-18(2)32-11-8-21(9-12-32)30-28(35)26-19(3)27(41(36,37)33-10-5-14-38-15-13-33)20(4)34(26)17-22-16-23(39-31-22)24-6-7-25(29)40-24/h6-7,16,18,21H,5,8-15,17H2,1-4H3,(H,30,35). The molecule has 2 aliphatic heterocycles. The molecule has 0 atom stereocenters. The van der Waals surface area contributed by atoms with Crippen molar-refractivity contribution in [2.75, 3.05) is 39.4 Å². The zero-order valence-electron chi connectivity index (χ0n) is 24.0. The molecular weight excluding hydrogens is 586 g/mol. The Morgan fingerprint density at radius 1 is 1.17 bits per heavy atom. The minimum atomic E-state index is -3.87. The van der Waals surface area contributed by atoms with Crippen LogP contribution in [-0.4, -0.2) is 84.7 Å². The maximum atomic E-state index is 14.0. The van der Waals surface area contributed by atoms with Crippen molar-refractivity contribution < 1.29 is 22.5 Å². The number of carbonyl (C=O) groups excluding carboxylic acids is 1. The van der Waals surface area contributed by atoms with Crippen molar-refractivity contribution in [1.82, 2.24) is 24.2 Å². The van der Waals surface area contributed by atoms with Gasteiger partial charge in [0.25, 0.3) is 5.91 Å². The second-order valence-electron chi connectivity index (χ2n) is 11.0. The fourth-order valence-corrected chi connectivity index (χ4v) is 8.66. The van der Waals surface area contributed by atoms with Gasteiger partial charge in [0.2, 0.25) is 10.0 Å². The highest BCUT2D eigenvalue weighted by Gasteiger charge is 2.35. The van der Waals surface area contributed by atoms with Crippen LogP contribution in [0.3, 0.4) is 0 Å². The number of thiophene rings is 1. The van der Waals surface area contributed by atoms with Crippen molar-refractivity contribution in [3.05, 3.63) is 45.2 Å². The average molecular weight is 624 g/mol. The Labute approximate surface area is 250 Å². The smallest absolute Gasteiger partial charge is 0.268 e. The zero-order chi connectivity index (χ0) is 29.3. The Kier molecular flexibility index (Phi) is 9.27. The van der Waals surface area contributed by atoms with Crippen molar-refractivity contribution in [2.24, 2.45) is 0 Å². The van der Waals surface area contributed by atoms with E-state index in [1.54, 1.807) is 30.5 Å². The highest BCUT2D eigenvalue weighted by atomic mass is 35.5. The molecule has 224 valence electrons. The lowest BCUT2D eigenvalue weighted by Gasteiger charge is -2.34. The number of piperidine rings is 1. The molecule has 2 saturated heterocycles. The molecule has 0 unspecified atom stereocenters. The van der Waals surface area contributed by atoms with E-state index >= 15 is 0 Å². The van der Waals surface area contributed by atoms with Gasteiger partial charge in [-0.2, -0.15) is 4.31 Å². The normalized spacial score (nSPS) is 18.2. The molecule has 5 heterocycles. The van der Waals surface area contributed by atoms with Gasteiger partial charge in [0.1, 0.15) is 16.3 Å². The molecule has 2 aliphatic rings. The van der Waals surface area contributed by atoms with E-state index in [0.29, 0.717) is 65.0 Å². The molecule has 0 saturated carbocycles. The third-order valence-electron chi connectivity index (χ3n) is 7.98. The highest BCUT2D eigenvalue weighted by molar-refractivity contribution is 7.89. The second-order valence-corrected chi connectivity index (χ2v) is 14.6. The molecular formula is C28H38ClN5O5S2. The number of hydrogen-bond acceptors (Lipinski definition) is 8. The number of nitrogens with one attached hydrogen (secondary N) is 1. The predicted octanol–water partition coefficient (Wildman–Crippen LogP) is 4.54. The van der Waals surface area contributed by atoms with Gasteiger partial charge in [-0.15, -0.1) is 11.3 Å². The van der Waals surface area contributed by atoms with E-state index in [9.17, 15) is 13.2 Å². The number of nitrogens with zero attached hydrogens (tertiary/aromatic N) is 4. The van der Waals surface area contributed by atoms with Crippen molar-refractivity contribution in [1.29, 1.82) is 0 Å². The summed E-state index contributed by atoms with van der Waals surface area (Å²) < 4.78 is 42.9. The van der Waals surface area contributed by atoms with Crippen LogP contribution in [0, 0.1) is 13.8 Å². The number of halogens is 1. The average Bonchev–Trinajstić information content (AvgIpc) is 3.55. The first-order valence-corrected chi connectivity index (χ1v) is 16.7. The van der Waals surface area contributed by atoms with Gasteiger partial charge in [-0.05, 0) is 59.1 Å². The van der Waals surface area contributed by atoms with Gasteiger partial charge >= 0.3 is 0 Å². The van der Waals surface area contributed by atoms with Crippen LogP contribution in [0.1, 0.15) is 60.5 Å². The summed E-state index contributed by atoms with van der Waals surface area (Å²) in [6.45, 7) is 11.4. The quantitative estimate of drug-likeness (QED) is 0.392. The number of ether oxygens (including phenoxy) is 1. The molecule has 0 aromatic carbocycles. The maximum Gasteiger partial charge on any atom is 0.268 e. The largest absolute Gasteiger partial charge is 0.380 e. The first kappa shape index (κ1) is 30.2. The van der Waals surface area contributed by atoms with Crippen molar-refractivity contribution in [3.63, 3.8) is 0 Å². The number of likely N-dealkylation sites (tertiary alicyclic amines) is 1. The summed E-state index contributed by atoms with van der Waals surface area (Å²) >= 11 is 7.48. The molecule has 1 N–H and O–H groups in total.